The Morgan fingerprint density at radius 3 is 2.65 bits per heavy atom. The third kappa shape index (κ3) is 1.91. The van der Waals surface area contributed by atoms with Gasteiger partial charge >= 0.3 is 5.97 Å². The van der Waals surface area contributed by atoms with Crippen LogP contribution in [0.4, 0.5) is 0 Å². The molecule has 0 aliphatic carbocycles. The summed E-state index contributed by atoms with van der Waals surface area (Å²) in [6, 6.07) is 9.24. The van der Waals surface area contributed by atoms with Crippen molar-refractivity contribution in [3.05, 3.63) is 47.4 Å². The minimum atomic E-state index is -1.08. The quantitative estimate of drug-likeness (QED) is 0.769. The average Bonchev–Trinajstić information content (AvgIpc) is 2.78. The Kier molecular flexibility index (Phi) is 2.71. The van der Waals surface area contributed by atoms with Crippen LogP contribution in [-0.4, -0.2) is 30.7 Å². The number of benzene rings is 1. The molecule has 6 nitrogen and oxygen atoms in total. The summed E-state index contributed by atoms with van der Waals surface area (Å²) in [5.41, 5.74) is 2.58. The second-order valence-electron chi connectivity index (χ2n) is 4.52. The SMILES string of the molecule is Cc1nc2nc(C(=O)O)cc(-c3ccccc3C)n2n1. The summed E-state index contributed by atoms with van der Waals surface area (Å²) in [6.07, 6.45) is 0. The molecule has 2 heterocycles. The van der Waals surface area contributed by atoms with Crippen LogP contribution in [0.3, 0.4) is 0 Å². The molecule has 20 heavy (non-hydrogen) atoms. The molecule has 0 amide bonds. The van der Waals surface area contributed by atoms with Gasteiger partial charge in [0.2, 0.25) is 0 Å². The number of fused-ring (bicyclic) bond motifs is 1. The number of hydrogen-bond acceptors (Lipinski definition) is 4. The first-order chi connectivity index (χ1) is 9.56. The molecular weight excluding hydrogens is 256 g/mol. The van der Waals surface area contributed by atoms with Crippen molar-refractivity contribution >= 4 is 11.7 Å². The van der Waals surface area contributed by atoms with Gasteiger partial charge in [0.15, 0.2) is 5.69 Å². The Labute approximate surface area is 114 Å². The van der Waals surface area contributed by atoms with Crippen LogP contribution in [-0.2, 0) is 0 Å². The van der Waals surface area contributed by atoms with Gasteiger partial charge in [0.1, 0.15) is 5.82 Å². The van der Waals surface area contributed by atoms with Gasteiger partial charge in [-0.1, -0.05) is 24.3 Å². The van der Waals surface area contributed by atoms with E-state index in [0.717, 1.165) is 11.1 Å². The summed E-state index contributed by atoms with van der Waals surface area (Å²) in [7, 11) is 0. The highest BCUT2D eigenvalue weighted by atomic mass is 16.4. The van der Waals surface area contributed by atoms with Crippen LogP contribution in [0.2, 0.25) is 0 Å². The van der Waals surface area contributed by atoms with Crippen molar-refractivity contribution < 1.29 is 9.90 Å². The van der Waals surface area contributed by atoms with Gasteiger partial charge < -0.3 is 5.11 Å². The molecule has 0 spiro atoms. The number of carboxylic acids is 1. The van der Waals surface area contributed by atoms with Gasteiger partial charge in [-0.2, -0.15) is 9.50 Å². The number of nitrogens with zero attached hydrogens (tertiary/aromatic N) is 4. The van der Waals surface area contributed by atoms with Crippen molar-refractivity contribution in [2.75, 3.05) is 0 Å². The van der Waals surface area contributed by atoms with Crippen LogP contribution in [0.25, 0.3) is 17.0 Å². The predicted octanol–water partition coefficient (Wildman–Crippen LogP) is 2.11. The summed E-state index contributed by atoms with van der Waals surface area (Å²) < 4.78 is 1.57. The lowest BCUT2D eigenvalue weighted by molar-refractivity contribution is 0.0690. The summed E-state index contributed by atoms with van der Waals surface area (Å²) in [5, 5.41) is 13.5. The maximum Gasteiger partial charge on any atom is 0.354 e. The van der Waals surface area contributed by atoms with E-state index in [1.807, 2.05) is 31.2 Å². The number of rotatable bonds is 2. The zero-order valence-electron chi connectivity index (χ0n) is 11.0. The number of carbonyl (C=O) groups is 1. The molecule has 0 radical (unpaired) electrons. The van der Waals surface area contributed by atoms with E-state index in [4.69, 9.17) is 0 Å². The first-order valence-corrected chi connectivity index (χ1v) is 6.10. The monoisotopic (exact) mass is 268 g/mol. The van der Waals surface area contributed by atoms with Crippen LogP contribution in [0.5, 0.6) is 0 Å². The van der Waals surface area contributed by atoms with Crippen molar-refractivity contribution in [3.63, 3.8) is 0 Å². The molecule has 0 fully saturated rings. The van der Waals surface area contributed by atoms with E-state index in [2.05, 4.69) is 15.1 Å². The standard InChI is InChI=1S/C14H12N4O2/c1-8-5-3-4-6-10(8)12-7-11(13(19)20)16-14-15-9(2)17-18(12)14/h3-7H,1-2H3,(H,19,20). The molecule has 3 aromatic rings. The van der Waals surface area contributed by atoms with Crippen molar-refractivity contribution in [2.24, 2.45) is 0 Å². The van der Waals surface area contributed by atoms with Crippen LogP contribution >= 0.6 is 0 Å². The normalized spacial score (nSPS) is 10.9. The molecule has 0 bridgehead atoms. The van der Waals surface area contributed by atoms with E-state index in [-0.39, 0.29) is 5.69 Å². The van der Waals surface area contributed by atoms with Gasteiger partial charge in [-0.05, 0) is 25.5 Å². The fourth-order valence-electron chi connectivity index (χ4n) is 2.13. The Bertz CT molecular complexity index is 823. The largest absolute Gasteiger partial charge is 0.477 e. The Morgan fingerprint density at radius 2 is 1.95 bits per heavy atom. The number of carboxylic acid groups (broad SMARTS) is 1. The maximum absolute atomic E-state index is 11.2. The molecule has 100 valence electrons. The van der Waals surface area contributed by atoms with Crippen molar-refractivity contribution in [2.45, 2.75) is 13.8 Å². The average molecular weight is 268 g/mol. The Morgan fingerprint density at radius 1 is 1.20 bits per heavy atom. The molecule has 1 N–H and O–H groups in total. The second kappa shape index (κ2) is 4.41. The van der Waals surface area contributed by atoms with E-state index in [1.54, 1.807) is 11.4 Å². The van der Waals surface area contributed by atoms with Crippen molar-refractivity contribution in [3.8, 4) is 11.3 Å². The van der Waals surface area contributed by atoms with Gasteiger partial charge in [0, 0.05) is 5.56 Å². The fraction of sp³-hybridized carbons (Fsp3) is 0.143. The molecular formula is C14H12N4O2. The predicted molar refractivity (Wildman–Crippen MR) is 72.7 cm³/mol. The van der Waals surface area contributed by atoms with Gasteiger partial charge in [-0.25, -0.2) is 9.78 Å². The number of hydrogen-bond donors (Lipinski definition) is 1. The summed E-state index contributed by atoms with van der Waals surface area (Å²) >= 11 is 0. The zero-order chi connectivity index (χ0) is 14.3. The molecule has 0 saturated heterocycles. The van der Waals surface area contributed by atoms with Crippen LogP contribution in [0.15, 0.2) is 30.3 Å². The molecule has 3 rings (SSSR count). The lowest BCUT2D eigenvalue weighted by Crippen LogP contribution is -2.06. The number of aryl methyl sites for hydroxylation is 2. The van der Waals surface area contributed by atoms with E-state index >= 15 is 0 Å². The third-order valence-corrected chi connectivity index (χ3v) is 3.06. The Balaban J connectivity index is 2.38. The maximum atomic E-state index is 11.2. The van der Waals surface area contributed by atoms with E-state index in [0.29, 0.717) is 17.3 Å². The summed E-state index contributed by atoms with van der Waals surface area (Å²) in [5.74, 6) is -0.237. The first kappa shape index (κ1) is 12.3. The second-order valence-corrected chi connectivity index (χ2v) is 4.52. The van der Waals surface area contributed by atoms with Crippen molar-refractivity contribution in [1.29, 1.82) is 0 Å². The fourth-order valence-corrected chi connectivity index (χ4v) is 2.13. The minimum Gasteiger partial charge on any atom is -0.477 e. The molecule has 0 unspecified atom stereocenters. The van der Waals surface area contributed by atoms with Gasteiger partial charge in [-0.3, -0.25) is 0 Å². The van der Waals surface area contributed by atoms with E-state index in [1.165, 1.54) is 6.07 Å². The van der Waals surface area contributed by atoms with Crippen LogP contribution in [0.1, 0.15) is 21.9 Å². The third-order valence-electron chi connectivity index (χ3n) is 3.06. The smallest absolute Gasteiger partial charge is 0.354 e. The summed E-state index contributed by atoms with van der Waals surface area (Å²) in [4.78, 5) is 19.4. The van der Waals surface area contributed by atoms with Gasteiger partial charge in [0.05, 0.1) is 5.69 Å². The van der Waals surface area contributed by atoms with Gasteiger partial charge in [-0.15, -0.1) is 5.10 Å². The van der Waals surface area contributed by atoms with Crippen molar-refractivity contribution in [1.82, 2.24) is 19.6 Å². The molecule has 6 heteroatoms. The molecule has 0 aliphatic heterocycles. The topological polar surface area (TPSA) is 80.4 Å². The lowest BCUT2D eigenvalue weighted by atomic mass is 10.1. The highest BCUT2D eigenvalue weighted by Crippen LogP contribution is 2.24. The van der Waals surface area contributed by atoms with Gasteiger partial charge in [0.25, 0.3) is 5.78 Å². The molecule has 2 aromatic heterocycles. The highest BCUT2D eigenvalue weighted by Gasteiger charge is 2.15. The molecule has 0 aliphatic rings. The molecule has 0 saturated carbocycles. The number of aromatic nitrogens is 4. The van der Waals surface area contributed by atoms with Crippen LogP contribution in [0, 0.1) is 13.8 Å². The Hall–Kier alpha value is -2.76. The lowest BCUT2D eigenvalue weighted by Gasteiger charge is -2.08. The van der Waals surface area contributed by atoms with E-state index < -0.39 is 5.97 Å². The zero-order valence-corrected chi connectivity index (χ0v) is 11.0. The minimum absolute atomic E-state index is 0.0387. The van der Waals surface area contributed by atoms with E-state index in [9.17, 15) is 9.90 Å². The number of aromatic carboxylic acids is 1. The van der Waals surface area contributed by atoms with Crippen LogP contribution < -0.4 is 0 Å². The molecule has 0 atom stereocenters. The molecule has 1 aromatic carbocycles. The first-order valence-electron chi connectivity index (χ1n) is 6.10. The highest BCUT2D eigenvalue weighted by molar-refractivity contribution is 5.87. The summed E-state index contributed by atoms with van der Waals surface area (Å²) in [6.45, 7) is 3.71.